The first kappa shape index (κ1) is 12.1. The summed E-state index contributed by atoms with van der Waals surface area (Å²) in [5.74, 6) is 0. The third-order valence-corrected chi connectivity index (χ3v) is 4.10. The lowest BCUT2D eigenvalue weighted by atomic mass is 10.2. The molecule has 1 aliphatic rings. The molecule has 0 aromatic carbocycles. The Morgan fingerprint density at radius 2 is 2.33 bits per heavy atom. The topological polar surface area (TPSA) is 109 Å². The molecule has 0 unspecified atom stereocenters. The van der Waals surface area contributed by atoms with Gasteiger partial charge in [0.1, 0.15) is 5.52 Å². The van der Waals surface area contributed by atoms with E-state index in [0.29, 0.717) is 5.65 Å². The van der Waals surface area contributed by atoms with Crippen LogP contribution in [0.3, 0.4) is 0 Å². The van der Waals surface area contributed by atoms with Gasteiger partial charge in [-0.1, -0.05) is 0 Å². The van der Waals surface area contributed by atoms with Crippen LogP contribution in [0, 0.1) is 0 Å². The van der Waals surface area contributed by atoms with E-state index in [2.05, 4.69) is 25.6 Å². The van der Waals surface area contributed by atoms with E-state index in [4.69, 9.17) is 5.11 Å². The fourth-order valence-electron chi connectivity index (χ4n) is 3.19. The van der Waals surface area contributed by atoms with Crippen LogP contribution in [-0.4, -0.2) is 42.2 Å². The molecule has 3 N–H and O–H groups in total. The average molecular weight is 286 g/mol. The van der Waals surface area contributed by atoms with Gasteiger partial charge in [0.15, 0.2) is 5.65 Å². The molecule has 21 heavy (non-hydrogen) atoms. The molecule has 0 bridgehead atoms. The smallest absolute Gasteiger partial charge is 0.404 e. The Morgan fingerprint density at radius 1 is 1.43 bits per heavy atom. The van der Waals surface area contributed by atoms with E-state index in [1.54, 1.807) is 12.4 Å². The Labute approximate surface area is 119 Å². The molecule has 8 nitrogen and oxygen atoms in total. The van der Waals surface area contributed by atoms with Gasteiger partial charge in [-0.3, -0.25) is 4.68 Å². The maximum atomic E-state index is 10.7. The fourth-order valence-corrected chi connectivity index (χ4v) is 3.19. The largest absolute Gasteiger partial charge is 0.465 e. The van der Waals surface area contributed by atoms with Crippen molar-refractivity contribution in [3.63, 3.8) is 0 Å². The van der Waals surface area contributed by atoms with E-state index < -0.39 is 6.09 Å². The van der Waals surface area contributed by atoms with Gasteiger partial charge in [-0.25, -0.2) is 20.0 Å². The number of aromatic amines is 1. The third kappa shape index (κ3) is 1.91. The molecule has 3 aromatic rings. The number of aromatic nitrogens is 5. The zero-order valence-electron chi connectivity index (χ0n) is 11.2. The number of hydrogen-bond acceptors (Lipinski definition) is 4. The summed E-state index contributed by atoms with van der Waals surface area (Å²) >= 11 is 0. The maximum absolute atomic E-state index is 10.7. The first-order valence-corrected chi connectivity index (χ1v) is 6.88. The Morgan fingerprint density at radius 3 is 3.19 bits per heavy atom. The summed E-state index contributed by atoms with van der Waals surface area (Å²) in [7, 11) is 0. The van der Waals surface area contributed by atoms with Gasteiger partial charge in [0.25, 0.3) is 0 Å². The molecule has 3 aromatic heterocycles. The Kier molecular flexibility index (Phi) is 2.56. The lowest BCUT2D eigenvalue weighted by Crippen LogP contribution is -2.31. The highest BCUT2D eigenvalue weighted by atomic mass is 16.4. The van der Waals surface area contributed by atoms with Crippen molar-refractivity contribution < 1.29 is 9.90 Å². The third-order valence-electron chi connectivity index (χ3n) is 4.10. The molecule has 0 saturated heterocycles. The van der Waals surface area contributed by atoms with Crippen molar-refractivity contribution in [1.29, 1.82) is 0 Å². The molecule has 2 atom stereocenters. The van der Waals surface area contributed by atoms with Crippen molar-refractivity contribution >= 4 is 28.2 Å². The van der Waals surface area contributed by atoms with Crippen molar-refractivity contribution in [3.8, 4) is 0 Å². The summed E-state index contributed by atoms with van der Waals surface area (Å²) in [6.45, 7) is 0. The number of nitrogens with one attached hydrogen (secondary N) is 2. The normalized spacial score (nSPS) is 22.1. The van der Waals surface area contributed by atoms with Gasteiger partial charge in [-0.2, -0.15) is 5.10 Å². The number of carboxylic acid groups (broad SMARTS) is 1. The number of nitrogens with zero attached hydrogens (tertiary/aromatic N) is 4. The quantitative estimate of drug-likeness (QED) is 0.664. The molecule has 0 spiro atoms. The highest BCUT2D eigenvalue weighted by Crippen LogP contribution is 2.33. The van der Waals surface area contributed by atoms with Crippen LogP contribution < -0.4 is 5.32 Å². The Balaban J connectivity index is 1.74. The lowest BCUT2D eigenvalue weighted by molar-refractivity contribution is 0.189. The van der Waals surface area contributed by atoms with Crippen LogP contribution in [0.25, 0.3) is 22.1 Å². The number of H-pyrrole nitrogens is 1. The minimum atomic E-state index is -0.966. The van der Waals surface area contributed by atoms with Gasteiger partial charge in [0.2, 0.25) is 0 Å². The summed E-state index contributed by atoms with van der Waals surface area (Å²) in [6, 6.07) is 2.12. The zero-order chi connectivity index (χ0) is 14.4. The van der Waals surface area contributed by atoms with Crippen LogP contribution in [0.2, 0.25) is 0 Å². The van der Waals surface area contributed by atoms with Crippen LogP contribution in [0.4, 0.5) is 4.79 Å². The summed E-state index contributed by atoms with van der Waals surface area (Å²) in [5, 5.41) is 19.7. The van der Waals surface area contributed by atoms with Crippen molar-refractivity contribution in [3.05, 3.63) is 18.5 Å². The molecule has 4 rings (SSSR count). The van der Waals surface area contributed by atoms with Gasteiger partial charge >= 0.3 is 6.09 Å². The molecule has 1 amide bonds. The SMILES string of the molecule is O=C(O)N[C@@H]1CC[C@@H](n2[nH]nc3cnc4nccc4c32)C1. The molecular formula is C13H14N6O2. The monoisotopic (exact) mass is 286 g/mol. The summed E-state index contributed by atoms with van der Waals surface area (Å²) in [4.78, 5) is 19.2. The minimum absolute atomic E-state index is 0.00605. The summed E-state index contributed by atoms with van der Waals surface area (Å²) < 4.78 is 2.02. The predicted octanol–water partition coefficient (Wildman–Crippen LogP) is 1.67. The van der Waals surface area contributed by atoms with Gasteiger partial charge in [0, 0.05) is 17.6 Å². The molecule has 108 valence electrons. The Hall–Kier alpha value is -2.64. The van der Waals surface area contributed by atoms with E-state index in [0.717, 1.165) is 35.7 Å². The Bertz CT molecular complexity index is 822. The number of carbonyl (C=O) groups is 1. The lowest BCUT2D eigenvalue weighted by Gasteiger charge is -2.13. The van der Waals surface area contributed by atoms with Gasteiger partial charge in [0.05, 0.1) is 17.8 Å². The van der Waals surface area contributed by atoms with Crippen LogP contribution in [0.15, 0.2) is 18.5 Å². The molecule has 0 radical (unpaired) electrons. The summed E-state index contributed by atoms with van der Waals surface area (Å²) in [6.07, 6.45) is 4.97. The van der Waals surface area contributed by atoms with Crippen LogP contribution >= 0.6 is 0 Å². The number of fused-ring (bicyclic) bond motifs is 3. The predicted molar refractivity (Wildman–Crippen MR) is 75.0 cm³/mol. The van der Waals surface area contributed by atoms with Gasteiger partial charge in [-0.15, -0.1) is 0 Å². The second kappa shape index (κ2) is 4.44. The van der Waals surface area contributed by atoms with E-state index >= 15 is 0 Å². The number of hydrogen-bond donors (Lipinski definition) is 3. The first-order chi connectivity index (χ1) is 10.2. The summed E-state index contributed by atoms with van der Waals surface area (Å²) in [5.41, 5.74) is 2.49. The van der Waals surface area contributed by atoms with Crippen LogP contribution in [0.1, 0.15) is 25.3 Å². The number of pyridine rings is 1. The molecular weight excluding hydrogens is 272 g/mol. The number of amides is 1. The minimum Gasteiger partial charge on any atom is -0.465 e. The highest BCUT2D eigenvalue weighted by Gasteiger charge is 2.28. The van der Waals surface area contributed by atoms with Crippen molar-refractivity contribution in [2.45, 2.75) is 31.3 Å². The van der Waals surface area contributed by atoms with Gasteiger partial charge < -0.3 is 10.4 Å². The second-order valence-electron chi connectivity index (χ2n) is 5.37. The molecule has 8 heteroatoms. The van der Waals surface area contributed by atoms with Crippen LogP contribution in [-0.2, 0) is 0 Å². The van der Waals surface area contributed by atoms with Crippen molar-refractivity contribution in [2.75, 3.05) is 0 Å². The molecule has 1 aliphatic carbocycles. The molecule has 1 fully saturated rings. The van der Waals surface area contributed by atoms with Crippen LogP contribution in [0.5, 0.6) is 0 Å². The molecule has 3 heterocycles. The molecule has 1 saturated carbocycles. The van der Waals surface area contributed by atoms with E-state index in [1.165, 1.54) is 0 Å². The van der Waals surface area contributed by atoms with E-state index in [1.807, 2.05) is 10.7 Å². The highest BCUT2D eigenvalue weighted by molar-refractivity contribution is 6.00. The molecule has 0 aliphatic heterocycles. The second-order valence-corrected chi connectivity index (χ2v) is 5.37. The van der Waals surface area contributed by atoms with Crippen molar-refractivity contribution in [2.24, 2.45) is 0 Å². The fraction of sp³-hybridized carbons (Fsp3) is 0.385. The first-order valence-electron chi connectivity index (χ1n) is 6.88. The van der Waals surface area contributed by atoms with E-state index in [9.17, 15) is 4.79 Å². The van der Waals surface area contributed by atoms with Crippen molar-refractivity contribution in [1.82, 2.24) is 30.3 Å². The number of rotatable bonds is 2. The van der Waals surface area contributed by atoms with Gasteiger partial charge in [-0.05, 0) is 25.3 Å². The zero-order valence-corrected chi connectivity index (χ0v) is 11.2. The van der Waals surface area contributed by atoms with E-state index in [-0.39, 0.29) is 12.1 Å². The average Bonchev–Trinajstić information content (AvgIpc) is 3.14. The standard InChI is InChI=1S/C13H14N6O2/c20-13(21)16-7-1-2-8(5-7)19-11-9-3-4-14-12(9)15-6-10(11)17-18-19/h3-4,6-8,16,18H,1-2,5H2,(H,20,21)/t7-,8-/m1/s1. The maximum Gasteiger partial charge on any atom is 0.404 e.